The van der Waals surface area contributed by atoms with Gasteiger partial charge in [0.2, 0.25) is 0 Å². The Bertz CT molecular complexity index is 372. The number of hydrogen-bond acceptors (Lipinski definition) is 2. The molecule has 0 aliphatic heterocycles. The molecule has 0 bridgehead atoms. The second-order valence-electron chi connectivity index (χ2n) is 4.08. The Labute approximate surface area is 89.3 Å². The monoisotopic (exact) mass is 209 g/mol. The van der Waals surface area contributed by atoms with Crippen LogP contribution in [0.5, 0.6) is 0 Å². The zero-order valence-corrected chi connectivity index (χ0v) is 9.25. The number of Topliss-reactive ketones (excluding diaryl/α,β-unsaturated/α-hetero) is 1. The topological polar surface area (TPSA) is 43.1 Å². The van der Waals surface area contributed by atoms with E-state index in [0.717, 1.165) is 5.56 Å². The van der Waals surface area contributed by atoms with E-state index in [2.05, 4.69) is 0 Å². The van der Waals surface area contributed by atoms with Crippen LogP contribution in [0.15, 0.2) is 18.2 Å². The summed E-state index contributed by atoms with van der Waals surface area (Å²) in [4.78, 5) is 11.6. The molecule has 1 atom stereocenters. The maximum absolute atomic E-state index is 13.2. The Morgan fingerprint density at radius 3 is 2.33 bits per heavy atom. The predicted molar refractivity (Wildman–Crippen MR) is 58.5 cm³/mol. The molecule has 0 amide bonds. The van der Waals surface area contributed by atoms with Crippen LogP contribution in [0.4, 0.5) is 4.39 Å². The summed E-state index contributed by atoms with van der Waals surface area (Å²) in [6, 6.07) is 3.80. The summed E-state index contributed by atoms with van der Waals surface area (Å²) in [6.07, 6.45) is 0. The molecule has 0 aliphatic rings. The number of carbonyl (C=O) groups is 1. The molecule has 1 aromatic carbocycles. The lowest BCUT2D eigenvalue weighted by molar-refractivity contribution is 0.0967. The zero-order valence-electron chi connectivity index (χ0n) is 9.25. The minimum atomic E-state index is -0.591. The van der Waals surface area contributed by atoms with E-state index in [1.165, 1.54) is 12.1 Å². The van der Waals surface area contributed by atoms with Crippen LogP contribution in [0, 0.1) is 5.82 Å². The Kier molecular flexibility index (Phi) is 3.58. The van der Waals surface area contributed by atoms with E-state index in [-0.39, 0.29) is 17.5 Å². The van der Waals surface area contributed by atoms with Crippen LogP contribution in [-0.4, -0.2) is 11.8 Å². The van der Waals surface area contributed by atoms with Crippen LogP contribution < -0.4 is 5.73 Å². The van der Waals surface area contributed by atoms with Gasteiger partial charge in [-0.1, -0.05) is 13.8 Å². The van der Waals surface area contributed by atoms with Gasteiger partial charge in [-0.05, 0) is 36.6 Å². The summed E-state index contributed by atoms with van der Waals surface area (Å²) in [6.45, 7) is 5.51. The molecule has 0 aromatic heterocycles. The number of halogens is 1. The van der Waals surface area contributed by atoms with Crippen molar-refractivity contribution in [3.05, 3.63) is 35.1 Å². The Morgan fingerprint density at radius 2 is 1.87 bits per heavy atom. The lowest BCUT2D eigenvalue weighted by atomic mass is 9.97. The second kappa shape index (κ2) is 4.53. The first-order chi connectivity index (χ1) is 6.91. The van der Waals surface area contributed by atoms with E-state index in [1.54, 1.807) is 13.0 Å². The molecule has 0 heterocycles. The van der Waals surface area contributed by atoms with Gasteiger partial charge in [0.15, 0.2) is 5.78 Å². The fourth-order valence-electron chi connectivity index (χ4n) is 1.35. The normalized spacial score (nSPS) is 12.9. The largest absolute Gasteiger partial charge is 0.321 e. The molecule has 0 saturated heterocycles. The molecule has 3 heteroatoms. The molecule has 82 valence electrons. The highest BCUT2D eigenvalue weighted by Crippen LogP contribution is 2.18. The van der Waals surface area contributed by atoms with Gasteiger partial charge < -0.3 is 5.73 Å². The Hall–Kier alpha value is -1.22. The van der Waals surface area contributed by atoms with Crippen molar-refractivity contribution in [3.8, 4) is 0 Å². The van der Waals surface area contributed by atoms with Gasteiger partial charge in [0.1, 0.15) is 5.82 Å². The van der Waals surface area contributed by atoms with Crippen molar-refractivity contribution < 1.29 is 9.18 Å². The predicted octanol–water partition coefficient (Wildman–Crippen LogP) is 2.48. The smallest absolute Gasteiger partial charge is 0.179 e. The maximum Gasteiger partial charge on any atom is 0.179 e. The van der Waals surface area contributed by atoms with Gasteiger partial charge in [0, 0.05) is 5.56 Å². The van der Waals surface area contributed by atoms with Crippen molar-refractivity contribution >= 4 is 5.78 Å². The first kappa shape index (κ1) is 11.9. The lowest BCUT2D eigenvalue weighted by Gasteiger charge is -2.09. The number of rotatable bonds is 3. The van der Waals surface area contributed by atoms with E-state index in [4.69, 9.17) is 5.73 Å². The number of nitrogens with two attached hydrogens (primary N) is 1. The molecule has 0 saturated carbocycles. The molecule has 2 nitrogen and oxygen atoms in total. The summed E-state index contributed by atoms with van der Waals surface area (Å²) >= 11 is 0. The lowest BCUT2D eigenvalue weighted by Crippen LogP contribution is -2.26. The summed E-state index contributed by atoms with van der Waals surface area (Å²) in [5.74, 6) is -0.415. The third-order valence-corrected chi connectivity index (χ3v) is 2.28. The molecular formula is C12H16FNO. The molecule has 1 rings (SSSR count). The Morgan fingerprint density at radius 1 is 1.27 bits per heavy atom. The minimum absolute atomic E-state index is 0.195. The zero-order chi connectivity index (χ0) is 11.6. The van der Waals surface area contributed by atoms with Crippen molar-refractivity contribution in [1.82, 2.24) is 0 Å². The van der Waals surface area contributed by atoms with E-state index >= 15 is 0 Å². The van der Waals surface area contributed by atoms with Crippen molar-refractivity contribution in [2.75, 3.05) is 0 Å². The standard InChI is InChI=1S/C12H16FNO/c1-7(2)9-4-10(6-11(13)5-9)12(15)8(3)14/h4-8H,14H2,1-3H3. The van der Waals surface area contributed by atoms with Crippen molar-refractivity contribution in [3.63, 3.8) is 0 Å². The minimum Gasteiger partial charge on any atom is -0.321 e. The van der Waals surface area contributed by atoms with Gasteiger partial charge >= 0.3 is 0 Å². The average Bonchev–Trinajstić information content (AvgIpc) is 2.15. The molecule has 2 N–H and O–H groups in total. The highest BCUT2D eigenvalue weighted by Gasteiger charge is 2.13. The van der Waals surface area contributed by atoms with Gasteiger partial charge in [0.25, 0.3) is 0 Å². The van der Waals surface area contributed by atoms with Crippen LogP contribution >= 0.6 is 0 Å². The van der Waals surface area contributed by atoms with Gasteiger partial charge in [0.05, 0.1) is 6.04 Å². The quantitative estimate of drug-likeness (QED) is 0.777. The maximum atomic E-state index is 13.2. The van der Waals surface area contributed by atoms with Crippen molar-refractivity contribution in [1.29, 1.82) is 0 Å². The molecular weight excluding hydrogens is 193 g/mol. The number of ketones is 1. The van der Waals surface area contributed by atoms with Crippen LogP contribution in [0.25, 0.3) is 0 Å². The third kappa shape index (κ3) is 2.86. The van der Waals surface area contributed by atoms with Crippen molar-refractivity contribution in [2.45, 2.75) is 32.7 Å². The van der Waals surface area contributed by atoms with Crippen LogP contribution in [0.1, 0.15) is 42.6 Å². The average molecular weight is 209 g/mol. The molecule has 0 fully saturated rings. The van der Waals surface area contributed by atoms with E-state index in [1.807, 2.05) is 13.8 Å². The van der Waals surface area contributed by atoms with Gasteiger partial charge in [-0.2, -0.15) is 0 Å². The molecule has 1 unspecified atom stereocenters. The summed E-state index contributed by atoms with van der Waals surface area (Å²) < 4.78 is 13.2. The van der Waals surface area contributed by atoms with Crippen LogP contribution in [-0.2, 0) is 0 Å². The van der Waals surface area contributed by atoms with Crippen molar-refractivity contribution in [2.24, 2.45) is 5.73 Å². The highest BCUT2D eigenvalue weighted by atomic mass is 19.1. The molecule has 0 radical (unpaired) electrons. The van der Waals surface area contributed by atoms with Gasteiger partial charge in [-0.15, -0.1) is 0 Å². The molecule has 0 spiro atoms. The Balaban J connectivity index is 3.14. The number of benzene rings is 1. The molecule has 0 aliphatic carbocycles. The molecule has 15 heavy (non-hydrogen) atoms. The summed E-state index contributed by atoms with van der Waals surface area (Å²) in [7, 11) is 0. The second-order valence-corrected chi connectivity index (χ2v) is 4.08. The fraction of sp³-hybridized carbons (Fsp3) is 0.417. The highest BCUT2D eigenvalue weighted by molar-refractivity contribution is 5.99. The summed E-state index contributed by atoms with van der Waals surface area (Å²) in [5.41, 5.74) is 6.65. The number of hydrogen-bond donors (Lipinski definition) is 1. The van der Waals surface area contributed by atoms with Crippen LogP contribution in [0.2, 0.25) is 0 Å². The van der Waals surface area contributed by atoms with E-state index in [0.29, 0.717) is 5.56 Å². The van der Waals surface area contributed by atoms with Crippen LogP contribution in [0.3, 0.4) is 0 Å². The van der Waals surface area contributed by atoms with Gasteiger partial charge in [-0.3, -0.25) is 4.79 Å². The van der Waals surface area contributed by atoms with Gasteiger partial charge in [-0.25, -0.2) is 4.39 Å². The number of carbonyl (C=O) groups excluding carboxylic acids is 1. The first-order valence-electron chi connectivity index (χ1n) is 5.02. The van der Waals surface area contributed by atoms with E-state index in [9.17, 15) is 9.18 Å². The fourth-order valence-corrected chi connectivity index (χ4v) is 1.35. The molecule has 1 aromatic rings. The first-order valence-corrected chi connectivity index (χ1v) is 5.02. The summed E-state index contributed by atoms with van der Waals surface area (Å²) in [5, 5.41) is 0. The third-order valence-electron chi connectivity index (χ3n) is 2.28. The van der Waals surface area contributed by atoms with E-state index < -0.39 is 6.04 Å². The SMILES string of the molecule is CC(N)C(=O)c1cc(F)cc(C(C)C)c1.